The summed E-state index contributed by atoms with van der Waals surface area (Å²) >= 11 is 5.74. The molecule has 0 amide bonds. The Morgan fingerprint density at radius 2 is 2.43 bits per heavy atom. The van der Waals surface area contributed by atoms with E-state index in [1.807, 2.05) is 0 Å². The van der Waals surface area contributed by atoms with Gasteiger partial charge in [0, 0.05) is 15.6 Å². The van der Waals surface area contributed by atoms with E-state index in [9.17, 15) is 0 Å². The van der Waals surface area contributed by atoms with Crippen LogP contribution < -0.4 is 0 Å². The summed E-state index contributed by atoms with van der Waals surface area (Å²) in [6, 6.07) is 0. The molecule has 0 aliphatic heterocycles. The van der Waals surface area contributed by atoms with Crippen molar-refractivity contribution in [1.82, 2.24) is 0 Å². The van der Waals surface area contributed by atoms with Crippen LogP contribution in [-0.4, -0.2) is 15.6 Å². The summed E-state index contributed by atoms with van der Waals surface area (Å²) in [7, 11) is 1.04. The number of rotatable bonds is 2. The van der Waals surface area contributed by atoms with Crippen molar-refractivity contribution in [2.45, 2.75) is 18.7 Å². The van der Waals surface area contributed by atoms with Crippen LogP contribution in [0, 0.1) is 0 Å². The van der Waals surface area contributed by atoms with Crippen LogP contribution in [0.4, 0.5) is 0 Å². The lowest BCUT2D eigenvalue weighted by molar-refractivity contribution is 0.955. The van der Waals surface area contributed by atoms with Gasteiger partial charge in [0.15, 0.2) is 0 Å². The molecule has 0 spiro atoms. The summed E-state index contributed by atoms with van der Waals surface area (Å²) in [6.07, 6.45) is 1.02. The van der Waals surface area contributed by atoms with Gasteiger partial charge < -0.3 is 0 Å². The van der Waals surface area contributed by atoms with E-state index in [1.54, 1.807) is 0 Å². The maximum atomic E-state index is 5.74. The van der Waals surface area contributed by atoms with Gasteiger partial charge in [0.1, 0.15) is 0 Å². The summed E-state index contributed by atoms with van der Waals surface area (Å²) < 4.78 is 0. The lowest BCUT2D eigenvalue weighted by Gasteiger charge is -2.01. The van der Waals surface area contributed by atoms with E-state index in [0.29, 0.717) is 0 Å². The van der Waals surface area contributed by atoms with Crippen molar-refractivity contribution in [3.63, 3.8) is 0 Å². The van der Waals surface area contributed by atoms with E-state index < -0.39 is 0 Å². The fourth-order valence-electron chi connectivity index (χ4n) is 0.348. The quantitative estimate of drug-likeness (QED) is 0.389. The maximum absolute atomic E-state index is 5.74. The zero-order chi connectivity index (χ0) is 5.86. The van der Waals surface area contributed by atoms with Crippen LogP contribution in [0.25, 0.3) is 0 Å². The van der Waals surface area contributed by atoms with Gasteiger partial charge in [0.2, 0.25) is 0 Å². The van der Waals surface area contributed by atoms with Crippen molar-refractivity contribution in [2.24, 2.45) is 0 Å². The zero-order valence-electron chi connectivity index (χ0n) is 4.87. The first-order valence-corrected chi connectivity index (χ1v) is 3.91. The maximum Gasteiger partial charge on any atom is 0.0495 e. The number of hydrogen-bond donors (Lipinski definition) is 0. The van der Waals surface area contributed by atoms with Crippen molar-refractivity contribution in [1.29, 1.82) is 0 Å². The predicted molar refractivity (Wildman–Crippen MR) is 39.0 cm³/mol. The second kappa shape index (κ2) is 3.27. The molecule has 42 valence electrons. The largest absolute Gasteiger partial charge is 0.119 e. The van der Waals surface area contributed by atoms with E-state index >= 15 is 0 Å². The average molecular weight is 135 g/mol. The molecule has 0 aromatic heterocycles. The Kier molecular flexibility index (Phi) is 3.39. The Morgan fingerprint density at radius 3 is 2.43 bits per heavy atom. The third kappa shape index (κ3) is 2.89. The highest BCUT2D eigenvalue weighted by atomic mass is 35.5. The second-order valence-electron chi connectivity index (χ2n) is 1.72. The Hall–Kier alpha value is 0.247. The fraction of sp³-hybridized carbons (Fsp3) is 0.600. The van der Waals surface area contributed by atoms with Gasteiger partial charge >= 0.3 is 0 Å². The van der Waals surface area contributed by atoms with Gasteiger partial charge in [-0.3, -0.25) is 0 Å². The Morgan fingerprint density at radius 1 is 2.00 bits per heavy atom. The number of alkyl halides is 1. The van der Waals surface area contributed by atoms with E-state index in [1.165, 1.54) is 5.20 Å². The van der Waals surface area contributed by atoms with E-state index in [-0.39, 0.29) is 5.38 Å². The monoisotopic (exact) mass is 134 g/mol. The lowest BCUT2D eigenvalue weighted by atomic mass is 10.3. The molecule has 0 aromatic carbocycles. The van der Waals surface area contributed by atoms with Crippen molar-refractivity contribution in [3.05, 3.63) is 11.8 Å². The van der Waals surface area contributed by atoms with Gasteiger partial charge in [0.05, 0.1) is 0 Å². The molecule has 7 heavy (non-hydrogen) atoms. The molecule has 0 aliphatic rings. The van der Waals surface area contributed by atoms with Crippen molar-refractivity contribution < 1.29 is 0 Å². The molecule has 1 atom stereocenters. The molecule has 0 aliphatic carbocycles. The highest BCUT2D eigenvalue weighted by Crippen LogP contribution is 2.06. The molecule has 0 fully saturated rings. The summed E-state index contributed by atoms with van der Waals surface area (Å²) in [5.41, 5.74) is 0. The van der Waals surface area contributed by atoms with Crippen molar-refractivity contribution >= 4 is 21.8 Å². The molecule has 2 heteroatoms. The normalized spacial score (nSPS) is 14.0. The first-order chi connectivity index (χ1) is 3.18. The second-order valence-corrected chi connectivity index (χ2v) is 3.53. The lowest BCUT2D eigenvalue weighted by Crippen LogP contribution is -1.97. The fourth-order valence-corrected chi connectivity index (χ4v) is 0.757. The van der Waals surface area contributed by atoms with Crippen LogP contribution in [0.3, 0.4) is 0 Å². The van der Waals surface area contributed by atoms with E-state index in [2.05, 4.69) is 13.5 Å². The van der Waals surface area contributed by atoms with Gasteiger partial charge in [-0.05, 0) is 6.42 Å². The first-order valence-electron chi connectivity index (χ1n) is 2.48. The van der Waals surface area contributed by atoms with Crippen LogP contribution in [0.15, 0.2) is 11.8 Å². The van der Waals surface area contributed by atoms with Crippen molar-refractivity contribution in [3.8, 4) is 0 Å². The SMILES string of the molecule is C=C([SiH3])C(Cl)CC. The van der Waals surface area contributed by atoms with Crippen LogP contribution in [-0.2, 0) is 0 Å². The topological polar surface area (TPSA) is 0 Å². The van der Waals surface area contributed by atoms with Gasteiger partial charge in [0.25, 0.3) is 0 Å². The molecule has 0 rings (SSSR count). The molecule has 1 unspecified atom stereocenters. The number of allylic oxidation sites excluding steroid dienone is 1. The molecule has 0 heterocycles. The summed E-state index contributed by atoms with van der Waals surface area (Å²) in [5, 5.41) is 1.44. The minimum Gasteiger partial charge on any atom is -0.119 e. The first kappa shape index (κ1) is 7.25. The number of halogens is 1. The molecule has 0 N–H and O–H groups in total. The van der Waals surface area contributed by atoms with Gasteiger partial charge in [-0.2, -0.15) is 0 Å². The van der Waals surface area contributed by atoms with Gasteiger partial charge in [-0.25, -0.2) is 0 Å². The molecule has 0 aromatic rings. The average Bonchev–Trinajstić information content (AvgIpc) is 1.65. The molecular formula is C5H11ClSi. The van der Waals surface area contributed by atoms with Gasteiger partial charge in [-0.15, -0.1) is 18.2 Å². The molecular weight excluding hydrogens is 124 g/mol. The number of hydrogen-bond acceptors (Lipinski definition) is 0. The summed E-state index contributed by atoms with van der Waals surface area (Å²) in [6.45, 7) is 5.83. The highest BCUT2D eigenvalue weighted by Gasteiger charge is 1.97. The smallest absolute Gasteiger partial charge is 0.0495 e. The van der Waals surface area contributed by atoms with Gasteiger partial charge in [-0.1, -0.05) is 12.1 Å². The van der Waals surface area contributed by atoms with Crippen LogP contribution in [0.2, 0.25) is 0 Å². The summed E-state index contributed by atoms with van der Waals surface area (Å²) in [5.74, 6) is 0. The summed E-state index contributed by atoms with van der Waals surface area (Å²) in [4.78, 5) is 0. The van der Waals surface area contributed by atoms with Crippen LogP contribution >= 0.6 is 11.6 Å². The Bertz CT molecular complexity index is 70.5. The Balaban J connectivity index is 3.34. The molecule has 0 bridgehead atoms. The molecule has 0 saturated carbocycles. The predicted octanol–water partition coefficient (Wildman–Crippen LogP) is 0.883. The van der Waals surface area contributed by atoms with Crippen LogP contribution in [0.5, 0.6) is 0 Å². The molecule has 0 saturated heterocycles. The van der Waals surface area contributed by atoms with E-state index in [0.717, 1.165) is 16.7 Å². The minimum atomic E-state index is 0.242. The third-order valence-corrected chi connectivity index (χ3v) is 2.64. The minimum absolute atomic E-state index is 0.242. The molecule has 0 nitrogen and oxygen atoms in total. The third-order valence-electron chi connectivity index (χ3n) is 0.893. The van der Waals surface area contributed by atoms with Crippen molar-refractivity contribution in [2.75, 3.05) is 0 Å². The Labute approximate surface area is 53.0 Å². The zero-order valence-corrected chi connectivity index (χ0v) is 7.63. The highest BCUT2D eigenvalue weighted by molar-refractivity contribution is 6.32. The van der Waals surface area contributed by atoms with Crippen LogP contribution in [0.1, 0.15) is 13.3 Å². The standard InChI is InChI=1S/C5H11ClSi/c1-3-5(6)4(2)7/h5H,2-3H2,1,7H3. The van der Waals surface area contributed by atoms with E-state index in [4.69, 9.17) is 11.6 Å². The molecule has 0 radical (unpaired) electrons.